The molecule has 0 fully saturated rings. The van der Waals surface area contributed by atoms with Gasteiger partial charge in [-0.05, 0) is 43.3 Å². The van der Waals surface area contributed by atoms with Crippen LogP contribution in [0.3, 0.4) is 0 Å². The molecule has 0 atom stereocenters. The van der Waals surface area contributed by atoms with E-state index in [1.807, 2.05) is 37.3 Å². The molecule has 2 heterocycles. The van der Waals surface area contributed by atoms with Crippen molar-refractivity contribution < 1.29 is 28.3 Å². The van der Waals surface area contributed by atoms with Crippen LogP contribution in [0.15, 0.2) is 54.6 Å². The van der Waals surface area contributed by atoms with Gasteiger partial charge in [-0.25, -0.2) is 0 Å². The number of para-hydroxylation sites is 1. The average molecular weight is 361 g/mol. The van der Waals surface area contributed by atoms with Crippen LogP contribution in [0.4, 0.5) is 13.2 Å². The van der Waals surface area contributed by atoms with E-state index in [1.165, 1.54) is 16.8 Å². The molecule has 2 aromatic carbocycles. The number of halogens is 3. The first-order chi connectivity index (χ1) is 11.9. The SMILES string of the molecule is Cc1cc2ccccc2[n+]2nn(-c3ccc(C(F)(F)F)cc3)c(O)c12.[OH-]. The fraction of sp³-hybridized carbons (Fsp3) is 0.111. The van der Waals surface area contributed by atoms with Gasteiger partial charge in [-0.2, -0.15) is 13.2 Å². The Labute approximate surface area is 145 Å². The van der Waals surface area contributed by atoms with E-state index in [0.717, 1.165) is 28.6 Å². The minimum Gasteiger partial charge on any atom is -0.870 e. The second kappa shape index (κ2) is 5.99. The molecule has 0 unspecified atom stereocenters. The molecule has 0 aliphatic carbocycles. The van der Waals surface area contributed by atoms with Crippen LogP contribution in [0.2, 0.25) is 0 Å². The van der Waals surface area contributed by atoms with Gasteiger partial charge in [0.05, 0.1) is 5.56 Å². The summed E-state index contributed by atoms with van der Waals surface area (Å²) in [6, 6.07) is 14.0. The van der Waals surface area contributed by atoms with Gasteiger partial charge in [0.1, 0.15) is 5.21 Å². The predicted octanol–water partition coefficient (Wildman–Crippen LogP) is 3.62. The van der Waals surface area contributed by atoms with E-state index in [1.54, 1.807) is 4.52 Å². The summed E-state index contributed by atoms with van der Waals surface area (Å²) in [6.45, 7) is 1.85. The fourth-order valence-corrected chi connectivity index (χ4v) is 2.95. The Morgan fingerprint density at radius 2 is 1.69 bits per heavy atom. The highest BCUT2D eigenvalue weighted by Gasteiger charge is 2.31. The second-order valence-corrected chi connectivity index (χ2v) is 5.82. The number of benzene rings is 2. The summed E-state index contributed by atoms with van der Waals surface area (Å²) in [5.74, 6) is -0.122. The van der Waals surface area contributed by atoms with Crippen LogP contribution in [-0.4, -0.2) is 20.5 Å². The number of aromatic nitrogens is 3. The van der Waals surface area contributed by atoms with Crippen molar-refractivity contribution in [2.75, 3.05) is 0 Å². The predicted molar refractivity (Wildman–Crippen MR) is 87.6 cm³/mol. The summed E-state index contributed by atoms with van der Waals surface area (Å²) < 4.78 is 41.0. The van der Waals surface area contributed by atoms with Crippen molar-refractivity contribution >= 4 is 16.4 Å². The maximum atomic E-state index is 12.7. The van der Waals surface area contributed by atoms with Gasteiger partial charge in [-0.1, -0.05) is 27.4 Å². The second-order valence-electron chi connectivity index (χ2n) is 5.82. The van der Waals surface area contributed by atoms with Gasteiger partial charge in [0, 0.05) is 10.9 Å². The van der Waals surface area contributed by atoms with E-state index in [4.69, 9.17) is 0 Å². The van der Waals surface area contributed by atoms with Crippen molar-refractivity contribution in [3.8, 4) is 11.6 Å². The Morgan fingerprint density at radius 3 is 2.35 bits per heavy atom. The summed E-state index contributed by atoms with van der Waals surface area (Å²) >= 11 is 0. The van der Waals surface area contributed by atoms with Crippen LogP contribution in [0, 0.1) is 6.92 Å². The molecule has 0 saturated carbocycles. The van der Waals surface area contributed by atoms with Crippen LogP contribution in [0.25, 0.3) is 22.1 Å². The van der Waals surface area contributed by atoms with Crippen molar-refractivity contribution in [1.29, 1.82) is 0 Å². The normalized spacial score (nSPS) is 11.7. The summed E-state index contributed by atoms with van der Waals surface area (Å²) in [5, 5.41) is 15.9. The molecule has 8 heteroatoms. The molecular weight excluding hydrogens is 347 g/mol. The number of aryl methyl sites for hydroxylation is 1. The van der Waals surface area contributed by atoms with Crippen LogP contribution < -0.4 is 4.52 Å². The Balaban J connectivity index is 0.00000196. The molecule has 134 valence electrons. The van der Waals surface area contributed by atoms with Crippen LogP contribution in [-0.2, 0) is 6.18 Å². The monoisotopic (exact) mass is 361 g/mol. The zero-order chi connectivity index (χ0) is 17.8. The number of aromatic hydroxyl groups is 1. The largest absolute Gasteiger partial charge is 0.870 e. The molecule has 0 radical (unpaired) electrons. The molecule has 2 N–H and O–H groups in total. The number of nitrogens with zero attached hydrogens (tertiary/aromatic N) is 3. The van der Waals surface area contributed by atoms with Gasteiger partial charge >= 0.3 is 12.1 Å². The van der Waals surface area contributed by atoms with Crippen molar-refractivity contribution in [3.63, 3.8) is 0 Å². The lowest BCUT2D eigenvalue weighted by Gasteiger charge is -2.05. The first-order valence-electron chi connectivity index (χ1n) is 7.56. The van der Waals surface area contributed by atoms with Crippen molar-refractivity contribution in [2.45, 2.75) is 13.1 Å². The molecular formula is C18H14F3N3O2. The molecule has 0 amide bonds. The highest BCUT2D eigenvalue weighted by atomic mass is 19.4. The Kier molecular flexibility index (Phi) is 4.08. The minimum absolute atomic E-state index is 0. The Hall–Kier alpha value is -3.13. The summed E-state index contributed by atoms with van der Waals surface area (Å²) in [7, 11) is 0. The van der Waals surface area contributed by atoms with E-state index in [9.17, 15) is 18.3 Å². The standard InChI is InChI=1S/C18H12F3N3O.H2O/c1-11-10-12-4-2-3-5-15(12)24-16(11)17(25)23(22-24)14-8-6-13(7-9-14)18(19,20)21;/h2-10H,1H3;1H2. The molecule has 26 heavy (non-hydrogen) atoms. The fourth-order valence-electron chi connectivity index (χ4n) is 2.95. The summed E-state index contributed by atoms with van der Waals surface area (Å²) in [5.41, 5.74) is 1.72. The molecule has 0 aliphatic rings. The zero-order valence-corrected chi connectivity index (χ0v) is 13.6. The first kappa shape index (κ1) is 17.7. The van der Waals surface area contributed by atoms with Crippen molar-refractivity contribution in [1.82, 2.24) is 9.90 Å². The maximum absolute atomic E-state index is 12.7. The van der Waals surface area contributed by atoms with Crippen molar-refractivity contribution in [3.05, 3.63) is 65.7 Å². The third-order valence-corrected chi connectivity index (χ3v) is 4.15. The highest BCUT2D eigenvalue weighted by Crippen LogP contribution is 2.30. The highest BCUT2D eigenvalue weighted by molar-refractivity contribution is 5.79. The van der Waals surface area contributed by atoms with Crippen LogP contribution in [0.1, 0.15) is 11.1 Å². The quantitative estimate of drug-likeness (QED) is 0.526. The molecule has 4 aromatic rings. The van der Waals surface area contributed by atoms with E-state index in [-0.39, 0.29) is 11.4 Å². The van der Waals surface area contributed by atoms with E-state index in [0.29, 0.717) is 11.2 Å². The summed E-state index contributed by atoms with van der Waals surface area (Å²) in [6.07, 6.45) is -4.41. The van der Waals surface area contributed by atoms with Gasteiger partial charge in [0.2, 0.25) is 5.52 Å². The molecule has 0 bridgehead atoms. The molecule has 0 spiro atoms. The molecule has 2 aromatic heterocycles. The average Bonchev–Trinajstić information content (AvgIpc) is 2.93. The first-order valence-corrected chi connectivity index (χ1v) is 7.56. The number of rotatable bonds is 1. The van der Waals surface area contributed by atoms with Gasteiger partial charge in [0.15, 0.2) is 11.2 Å². The lowest BCUT2D eigenvalue weighted by atomic mass is 10.1. The minimum atomic E-state index is -4.41. The van der Waals surface area contributed by atoms with Crippen LogP contribution in [0.5, 0.6) is 5.88 Å². The number of alkyl halides is 3. The molecule has 4 rings (SSSR count). The van der Waals surface area contributed by atoms with Gasteiger partial charge in [0.25, 0.3) is 0 Å². The van der Waals surface area contributed by atoms with Gasteiger partial charge < -0.3 is 10.6 Å². The Morgan fingerprint density at radius 1 is 1.04 bits per heavy atom. The zero-order valence-electron chi connectivity index (χ0n) is 13.6. The number of fused-ring (bicyclic) bond motifs is 3. The van der Waals surface area contributed by atoms with E-state index < -0.39 is 11.7 Å². The lowest BCUT2D eigenvalue weighted by Crippen LogP contribution is -2.26. The van der Waals surface area contributed by atoms with Crippen molar-refractivity contribution in [2.24, 2.45) is 0 Å². The number of hydrogen-bond acceptors (Lipinski definition) is 3. The molecule has 0 aliphatic heterocycles. The van der Waals surface area contributed by atoms with E-state index >= 15 is 0 Å². The lowest BCUT2D eigenvalue weighted by molar-refractivity contribution is -0.555. The summed E-state index contributed by atoms with van der Waals surface area (Å²) in [4.78, 5) is 0. The third-order valence-electron chi connectivity index (χ3n) is 4.15. The topological polar surface area (TPSA) is 72.2 Å². The number of hydrogen-bond donors (Lipinski definition) is 1. The molecule has 0 saturated heterocycles. The third kappa shape index (κ3) is 2.64. The van der Waals surface area contributed by atoms with Gasteiger partial charge in [-0.15, -0.1) is 0 Å². The number of pyridine rings is 1. The smallest absolute Gasteiger partial charge is 0.416 e. The molecule has 5 nitrogen and oxygen atoms in total. The van der Waals surface area contributed by atoms with Gasteiger partial charge in [-0.3, -0.25) is 0 Å². The van der Waals surface area contributed by atoms with E-state index in [2.05, 4.69) is 5.21 Å². The Bertz CT molecular complexity index is 1100. The van der Waals surface area contributed by atoms with Crippen LogP contribution >= 0.6 is 0 Å². The maximum Gasteiger partial charge on any atom is 0.416 e.